The highest BCUT2D eigenvalue weighted by molar-refractivity contribution is 6.33. The SMILES string of the molecule is O=C(CN1CCC(C2OCCO2)CC1)NNC(=O)c1ccccc1Cl. The molecule has 25 heavy (non-hydrogen) atoms. The summed E-state index contributed by atoms with van der Waals surface area (Å²) in [5.74, 6) is -0.304. The van der Waals surface area contributed by atoms with Crippen molar-refractivity contribution in [1.82, 2.24) is 15.8 Å². The van der Waals surface area contributed by atoms with Crippen LogP contribution in [0, 0.1) is 5.92 Å². The molecule has 0 bridgehead atoms. The second kappa shape index (κ2) is 8.62. The largest absolute Gasteiger partial charge is 0.350 e. The molecule has 0 radical (unpaired) electrons. The number of hydrogen-bond acceptors (Lipinski definition) is 5. The van der Waals surface area contributed by atoms with Gasteiger partial charge < -0.3 is 9.47 Å². The van der Waals surface area contributed by atoms with Crippen molar-refractivity contribution >= 4 is 23.4 Å². The van der Waals surface area contributed by atoms with E-state index >= 15 is 0 Å². The predicted octanol–water partition coefficient (Wildman–Crippen LogP) is 1.19. The van der Waals surface area contributed by atoms with Crippen molar-refractivity contribution in [2.24, 2.45) is 5.92 Å². The molecule has 2 aliphatic heterocycles. The van der Waals surface area contributed by atoms with Crippen LogP contribution in [0.15, 0.2) is 24.3 Å². The second-order valence-electron chi connectivity index (χ2n) is 6.21. The number of hydrazine groups is 1. The third kappa shape index (κ3) is 4.92. The van der Waals surface area contributed by atoms with Crippen molar-refractivity contribution in [2.45, 2.75) is 19.1 Å². The Hall–Kier alpha value is -1.67. The number of nitrogens with zero attached hydrogens (tertiary/aromatic N) is 1. The molecule has 1 aromatic rings. The molecule has 7 nitrogen and oxygen atoms in total. The second-order valence-corrected chi connectivity index (χ2v) is 6.61. The number of carbonyl (C=O) groups is 2. The van der Waals surface area contributed by atoms with E-state index in [1.165, 1.54) is 0 Å². The van der Waals surface area contributed by atoms with Gasteiger partial charge in [-0.15, -0.1) is 0 Å². The first-order chi connectivity index (χ1) is 12.1. The minimum Gasteiger partial charge on any atom is -0.350 e. The lowest BCUT2D eigenvalue weighted by Gasteiger charge is -2.33. The Morgan fingerprint density at radius 3 is 2.48 bits per heavy atom. The molecule has 3 rings (SSSR count). The summed E-state index contributed by atoms with van der Waals surface area (Å²) in [7, 11) is 0. The first-order valence-corrected chi connectivity index (χ1v) is 8.80. The Morgan fingerprint density at radius 2 is 1.80 bits per heavy atom. The van der Waals surface area contributed by atoms with Crippen molar-refractivity contribution in [1.29, 1.82) is 0 Å². The number of halogens is 1. The monoisotopic (exact) mass is 367 g/mol. The summed E-state index contributed by atoms with van der Waals surface area (Å²) in [5.41, 5.74) is 5.15. The van der Waals surface area contributed by atoms with Crippen LogP contribution < -0.4 is 10.9 Å². The lowest BCUT2D eigenvalue weighted by molar-refractivity contribution is -0.124. The molecule has 0 atom stereocenters. The average Bonchev–Trinajstić information content (AvgIpc) is 3.15. The molecule has 0 aromatic heterocycles. The molecule has 136 valence electrons. The first-order valence-electron chi connectivity index (χ1n) is 8.43. The Balaban J connectivity index is 1.38. The van der Waals surface area contributed by atoms with Crippen LogP contribution in [-0.4, -0.2) is 55.9 Å². The number of nitrogens with one attached hydrogen (secondary N) is 2. The zero-order chi connectivity index (χ0) is 17.6. The van der Waals surface area contributed by atoms with Gasteiger partial charge in [-0.3, -0.25) is 25.3 Å². The van der Waals surface area contributed by atoms with Crippen LogP contribution >= 0.6 is 11.6 Å². The summed E-state index contributed by atoms with van der Waals surface area (Å²) >= 11 is 5.96. The zero-order valence-electron chi connectivity index (χ0n) is 13.9. The van der Waals surface area contributed by atoms with Crippen molar-refractivity contribution < 1.29 is 19.1 Å². The zero-order valence-corrected chi connectivity index (χ0v) is 14.6. The van der Waals surface area contributed by atoms with Crippen LogP contribution in [0.1, 0.15) is 23.2 Å². The van der Waals surface area contributed by atoms with Crippen molar-refractivity contribution in [3.8, 4) is 0 Å². The summed E-state index contributed by atoms with van der Waals surface area (Å²) in [6.07, 6.45) is 1.78. The quantitative estimate of drug-likeness (QED) is 0.781. The van der Waals surface area contributed by atoms with E-state index in [4.69, 9.17) is 21.1 Å². The number of piperidine rings is 1. The van der Waals surface area contributed by atoms with Crippen molar-refractivity contribution in [3.63, 3.8) is 0 Å². The predicted molar refractivity (Wildman–Crippen MR) is 91.9 cm³/mol. The fraction of sp³-hybridized carbons (Fsp3) is 0.529. The van der Waals surface area contributed by atoms with E-state index in [1.54, 1.807) is 24.3 Å². The maximum Gasteiger partial charge on any atom is 0.271 e. The van der Waals surface area contributed by atoms with Crippen LogP contribution in [0.25, 0.3) is 0 Å². The molecule has 2 amide bonds. The van der Waals surface area contributed by atoms with Gasteiger partial charge in [0.2, 0.25) is 0 Å². The summed E-state index contributed by atoms with van der Waals surface area (Å²) in [6.45, 7) is 3.18. The number of benzene rings is 1. The molecule has 0 unspecified atom stereocenters. The summed E-state index contributed by atoms with van der Waals surface area (Å²) in [5, 5.41) is 0.340. The Labute approximate surface area is 151 Å². The van der Waals surface area contributed by atoms with E-state index in [0.29, 0.717) is 29.7 Å². The van der Waals surface area contributed by atoms with E-state index in [9.17, 15) is 9.59 Å². The summed E-state index contributed by atoms with van der Waals surface area (Å²) < 4.78 is 11.1. The number of carbonyl (C=O) groups excluding carboxylic acids is 2. The topological polar surface area (TPSA) is 79.9 Å². The maximum absolute atomic E-state index is 12.0. The number of amides is 2. The number of hydrogen-bond donors (Lipinski definition) is 2. The fourth-order valence-electron chi connectivity index (χ4n) is 3.11. The van der Waals surface area contributed by atoms with Crippen LogP contribution in [-0.2, 0) is 14.3 Å². The molecule has 2 N–H and O–H groups in total. The molecule has 0 spiro atoms. The third-order valence-electron chi connectivity index (χ3n) is 4.47. The highest BCUT2D eigenvalue weighted by Gasteiger charge is 2.30. The molecule has 0 saturated carbocycles. The van der Waals surface area contributed by atoms with Crippen LogP contribution in [0.5, 0.6) is 0 Å². The van der Waals surface area contributed by atoms with E-state index < -0.39 is 5.91 Å². The normalized spacial score (nSPS) is 19.7. The minimum atomic E-state index is -0.437. The Bertz CT molecular complexity index is 614. The molecule has 2 saturated heterocycles. The van der Waals surface area contributed by atoms with Gasteiger partial charge in [0.05, 0.1) is 30.3 Å². The van der Waals surface area contributed by atoms with Gasteiger partial charge in [0.15, 0.2) is 6.29 Å². The molecule has 1 aromatic carbocycles. The molecule has 2 heterocycles. The molecular formula is C17H22ClN3O4. The molecule has 0 aliphatic carbocycles. The highest BCUT2D eigenvalue weighted by atomic mass is 35.5. The fourth-order valence-corrected chi connectivity index (χ4v) is 3.34. The van der Waals surface area contributed by atoms with Gasteiger partial charge >= 0.3 is 0 Å². The van der Waals surface area contributed by atoms with Gasteiger partial charge in [0.1, 0.15) is 0 Å². The maximum atomic E-state index is 12.0. The Kier molecular flexibility index (Phi) is 6.25. The van der Waals surface area contributed by atoms with Gasteiger partial charge in [-0.05, 0) is 38.1 Å². The average molecular weight is 368 g/mol. The van der Waals surface area contributed by atoms with E-state index in [0.717, 1.165) is 25.9 Å². The number of ether oxygens (including phenoxy) is 2. The third-order valence-corrected chi connectivity index (χ3v) is 4.80. The van der Waals surface area contributed by atoms with E-state index in [2.05, 4.69) is 15.8 Å². The smallest absolute Gasteiger partial charge is 0.271 e. The van der Waals surface area contributed by atoms with Crippen LogP contribution in [0.4, 0.5) is 0 Å². The number of rotatable bonds is 4. The van der Waals surface area contributed by atoms with E-state index in [-0.39, 0.29) is 18.7 Å². The molecular weight excluding hydrogens is 346 g/mol. The standard InChI is InChI=1S/C17H22ClN3O4/c18-14-4-2-1-3-13(14)16(23)20-19-15(22)11-21-7-5-12(6-8-21)17-24-9-10-25-17/h1-4,12,17H,5-11H2,(H,19,22)(H,20,23). The van der Waals surface area contributed by atoms with Gasteiger partial charge in [-0.25, -0.2) is 0 Å². The van der Waals surface area contributed by atoms with Crippen molar-refractivity contribution in [2.75, 3.05) is 32.8 Å². The van der Waals surface area contributed by atoms with Gasteiger partial charge in [0, 0.05) is 5.92 Å². The van der Waals surface area contributed by atoms with Crippen LogP contribution in [0.3, 0.4) is 0 Å². The van der Waals surface area contributed by atoms with Gasteiger partial charge in [0.25, 0.3) is 11.8 Å². The molecule has 2 fully saturated rings. The lowest BCUT2D eigenvalue weighted by atomic mass is 9.96. The van der Waals surface area contributed by atoms with E-state index in [1.807, 2.05) is 0 Å². The van der Waals surface area contributed by atoms with Crippen molar-refractivity contribution in [3.05, 3.63) is 34.9 Å². The first kappa shape index (κ1) is 18.1. The molecule has 2 aliphatic rings. The van der Waals surface area contributed by atoms with Crippen LogP contribution in [0.2, 0.25) is 5.02 Å². The van der Waals surface area contributed by atoms with Gasteiger partial charge in [-0.1, -0.05) is 23.7 Å². The Morgan fingerprint density at radius 1 is 1.12 bits per heavy atom. The summed E-state index contributed by atoms with van der Waals surface area (Å²) in [4.78, 5) is 26.1. The number of likely N-dealkylation sites (tertiary alicyclic amines) is 1. The lowest BCUT2D eigenvalue weighted by Crippen LogP contribution is -2.48. The highest BCUT2D eigenvalue weighted by Crippen LogP contribution is 2.25. The molecule has 8 heteroatoms. The minimum absolute atomic E-state index is 0.0918. The van der Waals surface area contributed by atoms with Gasteiger partial charge in [-0.2, -0.15) is 0 Å². The summed E-state index contributed by atoms with van der Waals surface area (Å²) in [6, 6.07) is 6.68.